The summed E-state index contributed by atoms with van der Waals surface area (Å²) in [5.74, 6) is -0.601. The third-order valence-electron chi connectivity index (χ3n) is 4.59. The number of nitrogens with one attached hydrogen (secondary N) is 2. The second-order valence-corrected chi connectivity index (χ2v) is 6.94. The molecule has 2 aromatic heterocycles. The van der Waals surface area contributed by atoms with E-state index in [2.05, 4.69) is 19.9 Å². The molecule has 0 aromatic carbocycles. The highest BCUT2D eigenvalue weighted by Crippen LogP contribution is 2.21. The Hall–Kier alpha value is -2.49. The third kappa shape index (κ3) is 5.81. The zero-order chi connectivity index (χ0) is 23.3. The fourth-order valence-corrected chi connectivity index (χ4v) is 2.64. The monoisotopic (exact) mass is 442 g/mol. The number of H-pyrrole nitrogens is 2. The molecule has 13 nitrogen and oxygen atoms in total. The minimum Gasteiger partial charge on any atom is -0.394 e. The smallest absolute Gasteiger partial charge is 0.221 e. The van der Waals surface area contributed by atoms with Crippen molar-refractivity contribution in [1.82, 2.24) is 19.9 Å². The predicted molar refractivity (Wildman–Crippen MR) is 103 cm³/mol. The average Bonchev–Trinajstić information content (AvgIpc) is 3.46. The molecular formula is C18H26N4O9. The van der Waals surface area contributed by atoms with Crippen molar-refractivity contribution in [2.75, 3.05) is 13.2 Å². The zero-order valence-electron chi connectivity index (χ0n) is 16.5. The number of ketones is 1. The second-order valence-electron chi connectivity index (χ2n) is 6.94. The Kier molecular flexibility index (Phi) is 8.55. The summed E-state index contributed by atoms with van der Waals surface area (Å²) in [6, 6.07) is 0. The van der Waals surface area contributed by atoms with Crippen LogP contribution in [0.15, 0.2) is 18.5 Å². The summed E-state index contributed by atoms with van der Waals surface area (Å²) in [5, 5.41) is 76.0. The maximum Gasteiger partial charge on any atom is 0.221 e. The molecule has 0 bridgehead atoms. The number of hydrogen-bond donors (Lipinski definition) is 10. The van der Waals surface area contributed by atoms with E-state index in [0.29, 0.717) is 5.57 Å². The molecule has 0 amide bonds. The Balaban J connectivity index is 2.12. The van der Waals surface area contributed by atoms with Gasteiger partial charge in [-0.2, -0.15) is 0 Å². The van der Waals surface area contributed by atoms with Gasteiger partial charge in [0.2, 0.25) is 5.78 Å². The largest absolute Gasteiger partial charge is 0.394 e. The molecule has 10 N–H and O–H groups in total. The lowest BCUT2D eigenvalue weighted by Gasteiger charge is -2.20. The Labute approximate surface area is 176 Å². The molecule has 0 radical (unpaired) electrons. The van der Waals surface area contributed by atoms with E-state index in [4.69, 9.17) is 10.2 Å². The molecule has 0 unspecified atom stereocenters. The summed E-state index contributed by atoms with van der Waals surface area (Å²) in [5.41, 5.74) is 0.333. The predicted octanol–water partition coefficient (Wildman–Crippen LogP) is -3.09. The number of imidazole rings is 2. The highest BCUT2D eigenvalue weighted by atomic mass is 16.4. The first kappa shape index (κ1) is 24.8. The SMILES string of the molecule is C/C(=C\C(=O)c1ncc([C@@H](O)[C@H](O)[C@H](O)CO)[nH]1)c1ncc([C@@H](O)[C@H](O)[C@H](O)CO)[nH]1. The number of allylic oxidation sites excluding steroid dienone is 2. The van der Waals surface area contributed by atoms with E-state index in [9.17, 15) is 35.4 Å². The molecule has 2 rings (SSSR count). The number of aromatic nitrogens is 4. The van der Waals surface area contributed by atoms with E-state index in [0.717, 1.165) is 12.3 Å². The van der Waals surface area contributed by atoms with Crippen LogP contribution in [0, 0.1) is 0 Å². The van der Waals surface area contributed by atoms with E-state index in [1.54, 1.807) is 0 Å². The van der Waals surface area contributed by atoms with Gasteiger partial charge in [-0.15, -0.1) is 0 Å². The van der Waals surface area contributed by atoms with Crippen molar-refractivity contribution in [2.24, 2.45) is 0 Å². The van der Waals surface area contributed by atoms with E-state index in [-0.39, 0.29) is 23.0 Å². The molecule has 13 heteroatoms. The zero-order valence-corrected chi connectivity index (χ0v) is 16.5. The number of carbonyl (C=O) groups is 1. The van der Waals surface area contributed by atoms with E-state index in [1.165, 1.54) is 13.1 Å². The normalized spacial score (nSPS) is 18.3. The van der Waals surface area contributed by atoms with E-state index < -0.39 is 55.6 Å². The number of nitrogens with zero attached hydrogens (tertiary/aromatic N) is 2. The molecule has 0 saturated heterocycles. The molecule has 0 saturated carbocycles. The first-order valence-electron chi connectivity index (χ1n) is 9.23. The van der Waals surface area contributed by atoms with Crippen LogP contribution in [0.2, 0.25) is 0 Å². The Morgan fingerprint density at radius 2 is 1.29 bits per heavy atom. The van der Waals surface area contributed by atoms with Gasteiger partial charge < -0.3 is 50.8 Å². The third-order valence-corrected chi connectivity index (χ3v) is 4.59. The van der Waals surface area contributed by atoms with Gasteiger partial charge in [-0.25, -0.2) is 9.97 Å². The van der Waals surface area contributed by atoms with Crippen LogP contribution in [0.1, 0.15) is 47.0 Å². The van der Waals surface area contributed by atoms with Gasteiger partial charge >= 0.3 is 0 Å². The van der Waals surface area contributed by atoms with Crippen LogP contribution in [0.4, 0.5) is 0 Å². The van der Waals surface area contributed by atoms with Crippen LogP contribution in [0.3, 0.4) is 0 Å². The van der Waals surface area contributed by atoms with Crippen molar-refractivity contribution in [3.05, 3.63) is 41.5 Å². The molecule has 2 aromatic rings. The molecule has 0 aliphatic carbocycles. The fourth-order valence-electron chi connectivity index (χ4n) is 2.64. The van der Waals surface area contributed by atoms with Gasteiger partial charge in [-0.3, -0.25) is 4.79 Å². The number of hydrogen-bond acceptors (Lipinski definition) is 11. The summed E-state index contributed by atoms with van der Waals surface area (Å²) >= 11 is 0. The summed E-state index contributed by atoms with van der Waals surface area (Å²) < 4.78 is 0. The van der Waals surface area contributed by atoms with Gasteiger partial charge in [-0.05, 0) is 18.6 Å². The van der Waals surface area contributed by atoms with Crippen molar-refractivity contribution in [3.8, 4) is 0 Å². The lowest BCUT2D eigenvalue weighted by Crippen LogP contribution is -2.34. The molecule has 2 heterocycles. The van der Waals surface area contributed by atoms with Gasteiger partial charge in [0.25, 0.3) is 0 Å². The van der Waals surface area contributed by atoms with Crippen molar-refractivity contribution >= 4 is 11.4 Å². The van der Waals surface area contributed by atoms with Crippen molar-refractivity contribution < 1.29 is 45.6 Å². The van der Waals surface area contributed by atoms with Crippen LogP contribution in [-0.2, 0) is 0 Å². The van der Waals surface area contributed by atoms with Crippen molar-refractivity contribution in [2.45, 2.75) is 43.5 Å². The van der Waals surface area contributed by atoms with Crippen molar-refractivity contribution in [1.29, 1.82) is 0 Å². The first-order chi connectivity index (χ1) is 14.6. The van der Waals surface area contributed by atoms with E-state index >= 15 is 0 Å². The minimum absolute atomic E-state index is 0.0470. The Bertz CT molecular complexity index is 896. The highest BCUT2D eigenvalue weighted by Gasteiger charge is 2.28. The summed E-state index contributed by atoms with van der Waals surface area (Å²) in [6.45, 7) is 0.0182. The first-order valence-corrected chi connectivity index (χ1v) is 9.23. The summed E-state index contributed by atoms with van der Waals surface area (Å²) in [7, 11) is 0. The van der Waals surface area contributed by atoms with Crippen LogP contribution in [0.25, 0.3) is 5.57 Å². The number of aliphatic hydroxyl groups excluding tert-OH is 8. The molecule has 0 fully saturated rings. The van der Waals surface area contributed by atoms with Crippen LogP contribution in [0.5, 0.6) is 0 Å². The average molecular weight is 442 g/mol. The Morgan fingerprint density at radius 3 is 1.74 bits per heavy atom. The molecule has 0 aliphatic rings. The molecular weight excluding hydrogens is 416 g/mol. The van der Waals surface area contributed by atoms with Gasteiger partial charge in [0.05, 0.1) is 37.0 Å². The van der Waals surface area contributed by atoms with Crippen LogP contribution in [-0.4, -0.2) is 104 Å². The summed E-state index contributed by atoms with van der Waals surface area (Å²) in [4.78, 5) is 25.4. The van der Waals surface area contributed by atoms with Crippen LogP contribution >= 0.6 is 0 Å². The Morgan fingerprint density at radius 1 is 0.871 bits per heavy atom. The quantitative estimate of drug-likeness (QED) is 0.124. The van der Waals surface area contributed by atoms with Gasteiger partial charge in [0.15, 0.2) is 5.82 Å². The number of rotatable bonds is 11. The maximum absolute atomic E-state index is 12.4. The van der Waals surface area contributed by atoms with Crippen molar-refractivity contribution in [3.63, 3.8) is 0 Å². The number of carbonyl (C=O) groups excluding carboxylic acids is 1. The lowest BCUT2D eigenvalue weighted by molar-refractivity contribution is -0.0788. The van der Waals surface area contributed by atoms with Crippen LogP contribution < -0.4 is 0 Å². The fraction of sp³-hybridized carbons (Fsp3) is 0.500. The standard InChI is InChI=1S/C18H26N4O9/c1-7(17-19-3-8(21-17)13(28)15(30)11(26)5-23)2-10(25)18-20-4-9(22-18)14(29)16(31)12(27)6-24/h2-4,11-16,23-24,26-31H,5-6H2,1H3,(H,19,21)(H,20,22)/b7-2+/t11-,12-,13-,14-,15-,16-/m1/s1. The molecule has 31 heavy (non-hydrogen) atoms. The molecule has 6 atom stereocenters. The van der Waals surface area contributed by atoms with Gasteiger partial charge in [-0.1, -0.05) is 0 Å². The lowest BCUT2D eigenvalue weighted by atomic mass is 10.1. The second kappa shape index (κ2) is 10.7. The number of aromatic amines is 2. The number of aliphatic hydroxyl groups is 8. The maximum atomic E-state index is 12.4. The molecule has 172 valence electrons. The molecule has 0 aliphatic heterocycles. The van der Waals surface area contributed by atoms with E-state index in [1.807, 2.05) is 0 Å². The van der Waals surface area contributed by atoms with Gasteiger partial charge in [0.1, 0.15) is 42.4 Å². The van der Waals surface area contributed by atoms with Gasteiger partial charge in [0, 0.05) is 0 Å². The summed E-state index contributed by atoms with van der Waals surface area (Å²) in [6.07, 6.45) is -6.20. The topological polar surface area (TPSA) is 236 Å². The highest BCUT2D eigenvalue weighted by molar-refractivity contribution is 6.05. The molecule has 0 spiro atoms. The minimum atomic E-state index is -1.70.